The van der Waals surface area contributed by atoms with E-state index in [-0.39, 0.29) is 41.0 Å². The highest BCUT2D eigenvalue weighted by atomic mass is 32.2. The van der Waals surface area contributed by atoms with Crippen LogP contribution in [0.1, 0.15) is 37.7 Å². The van der Waals surface area contributed by atoms with Crippen LogP contribution in [0.25, 0.3) is 56.0 Å². The van der Waals surface area contributed by atoms with Gasteiger partial charge in [-0.2, -0.15) is 5.10 Å². The monoisotopic (exact) mass is 657 g/mol. The first-order valence-electron chi connectivity index (χ1n) is 15.0. The van der Waals surface area contributed by atoms with Gasteiger partial charge in [-0.25, -0.2) is 26.9 Å². The Bertz CT molecular complexity index is 2260. The van der Waals surface area contributed by atoms with Gasteiger partial charge in [-0.15, -0.1) is 0 Å². The molecule has 47 heavy (non-hydrogen) atoms. The van der Waals surface area contributed by atoms with E-state index in [0.717, 1.165) is 38.4 Å². The molecule has 1 fully saturated rings. The third-order valence-electron chi connectivity index (χ3n) is 8.19. The van der Waals surface area contributed by atoms with Crippen molar-refractivity contribution in [3.63, 3.8) is 0 Å². The fourth-order valence-electron chi connectivity index (χ4n) is 5.96. The molecule has 1 aliphatic carbocycles. The molecule has 0 aliphatic heterocycles. The van der Waals surface area contributed by atoms with Crippen molar-refractivity contribution in [3.8, 4) is 34.0 Å². The van der Waals surface area contributed by atoms with Gasteiger partial charge in [0, 0.05) is 36.0 Å². The van der Waals surface area contributed by atoms with Gasteiger partial charge in [-0.1, -0.05) is 19.3 Å². The topological polar surface area (TPSA) is 171 Å². The molecule has 5 heterocycles. The summed E-state index contributed by atoms with van der Waals surface area (Å²) >= 11 is 0. The molecule has 5 aromatic heterocycles. The zero-order chi connectivity index (χ0) is 32.7. The molecule has 0 atom stereocenters. The summed E-state index contributed by atoms with van der Waals surface area (Å²) < 4.78 is 56.4. The number of carbonyl (C=O) groups excluding carboxylic acids is 1. The average molecular weight is 658 g/mol. The third-order valence-corrected chi connectivity index (χ3v) is 8.86. The Morgan fingerprint density at radius 2 is 1.79 bits per heavy atom. The van der Waals surface area contributed by atoms with E-state index < -0.39 is 21.7 Å². The van der Waals surface area contributed by atoms with E-state index in [1.165, 1.54) is 36.9 Å². The van der Waals surface area contributed by atoms with Crippen molar-refractivity contribution in [1.82, 2.24) is 39.8 Å². The smallest absolute Gasteiger partial charge is 0.227 e. The predicted octanol–water partition coefficient (Wildman–Crippen LogP) is 5.47. The number of carbonyl (C=O) groups is 1. The Kier molecular flexibility index (Phi) is 7.93. The Labute approximate surface area is 267 Å². The number of anilines is 1. The van der Waals surface area contributed by atoms with Crippen LogP contribution in [0.4, 0.5) is 14.5 Å². The lowest BCUT2D eigenvalue weighted by Gasteiger charge is -2.20. The molecule has 0 bridgehead atoms. The van der Waals surface area contributed by atoms with Crippen molar-refractivity contribution in [2.75, 3.05) is 11.6 Å². The van der Waals surface area contributed by atoms with Gasteiger partial charge >= 0.3 is 0 Å². The van der Waals surface area contributed by atoms with Crippen molar-refractivity contribution in [2.24, 2.45) is 5.92 Å². The minimum absolute atomic E-state index is 0.0230. The molecule has 6 aromatic rings. The molecule has 12 nitrogen and oxygen atoms in total. The molecule has 0 spiro atoms. The zero-order valence-electron chi connectivity index (χ0n) is 25.1. The van der Waals surface area contributed by atoms with Gasteiger partial charge in [0.15, 0.2) is 11.6 Å². The van der Waals surface area contributed by atoms with Crippen molar-refractivity contribution < 1.29 is 22.0 Å². The fourth-order valence-corrected chi connectivity index (χ4v) is 6.39. The first kappa shape index (κ1) is 30.5. The molecule has 0 unspecified atom stereocenters. The van der Waals surface area contributed by atoms with E-state index in [1.807, 2.05) is 0 Å². The number of sulfonamides is 1. The number of imidazole rings is 1. The van der Waals surface area contributed by atoms with Crippen LogP contribution in [-0.4, -0.2) is 55.7 Å². The van der Waals surface area contributed by atoms with Crippen LogP contribution in [0, 0.1) is 17.6 Å². The summed E-state index contributed by atoms with van der Waals surface area (Å²) in [6.07, 6.45) is 11.9. The maximum atomic E-state index is 16.3. The van der Waals surface area contributed by atoms with E-state index in [2.05, 4.69) is 45.2 Å². The number of nitrogens with one attached hydrogen (secondary N) is 4. The summed E-state index contributed by atoms with van der Waals surface area (Å²) in [5.74, 6) is -1.11. The number of fused-ring (bicyclic) bond motifs is 2. The van der Waals surface area contributed by atoms with Crippen molar-refractivity contribution in [1.29, 1.82) is 0 Å². The number of halogens is 2. The Hall–Kier alpha value is -5.15. The summed E-state index contributed by atoms with van der Waals surface area (Å²) in [4.78, 5) is 33.6. The molecular weight excluding hydrogens is 628 g/mol. The summed E-state index contributed by atoms with van der Waals surface area (Å²) in [7, 11) is -3.49. The van der Waals surface area contributed by atoms with Crippen molar-refractivity contribution in [2.45, 2.75) is 38.6 Å². The number of amides is 1. The van der Waals surface area contributed by atoms with Gasteiger partial charge in [0.25, 0.3) is 0 Å². The second-order valence-electron chi connectivity index (χ2n) is 11.7. The standard InChI is InChI=1S/C32H29F2N9O3S/c1-47(45,46)38-13-17-9-19(11-21(33)10-17)28-29-23(7-8-36-28)40-31(41-29)30-25-24(42-43-30)16-37-27(26(25)34)20-12-22(15-35-14-20)39-32(44)18-5-3-2-4-6-18/h7-12,14-16,18,38H,2-6,13H2,1H3,(H,39,44)(H,40,41)(H,42,43). The van der Waals surface area contributed by atoms with E-state index in [9.17, 15) is 17.6 Å². The van der Waals surface area contributed by atoms with E-state index in [0.29, 0.717) is 44.6 Å². The van der Waals surface area contributed by atoms with Crippen LogP contribution < -0.4 is 10.0 Å². The fraction of sp³-hybridized carbons (Fsp3) is 0.250. The molecule has 240 valence electrons. The highest BCUT2D eigenvalue weighted by Crippen LogP contribution is 2.35. The van der Waals surface area contributed by atoms with Crippen LogP contribution >= 0.6 is 0 Å². The summed E-state index contributed by atoms with van der Waals surface area (Å²) in [6, 6.07) is 7.46. The number of rotatable bonds is 8. The predicted molar refractivity (Wildman–Crippen MR) is 172 cm³/mol. The lowest BCUT2D eigenvalue weighted by atomic mass is 9.88. The summed E-state index contributed by atoms with van der Waals surface area (Å²) in [5, 5.41) is 10.2. The maximum absolute atomic E-state index is 16.3. The lowest BCUT2D eigenvalue weighted by molar-refractivity contribution is -0.120. The van der Waals surface area contributed by atoms with Crippen LogP contribution in [0.3, 0.4) is 0 Å². The van der Waals surface area contributed by atoms with E-state index >= 15 is 4.39 Å². The first-order chi connectivity index (χ1) is 22.6. The Balaban J connectivity index is 1.24. The zero-order valence-corrected chi connectivity index (χ0v) is 26.0. The minimum atomic E-state index is -3.49. The summed E-state index contributed by atoms with van der Waals surface area (Å²) in [6.45, 7) is -0.106. The van der Waals surface area contributed by atoms with E-state index in [1.54, 1.807) is 18.2 Å². The average Bonchev–Trinajstić information content (AvgIpc) is 3.69. The number of H-pyrrole nitrogens is 2. The van der Waals surface area contributed by atoms with Crippen LogP contribution in [0.15, 0.2) is 55.1 Å². The molecular formula is C32H29F2N9O3S. The normalized spacial score (nSPS) is 14.2. The molecule has 0 saturated heterocycles. The molecule has 0 radical (unpaired) electrons. The Morgan fingerprint density at radius 1 is 0.957 bits per heavy atom. The Morgan fingerprint density at radius 3 is 2.60 bits per heavy atom. The second kappa shape index (κ2) is 12.2. The molecule has 7 rings (SSSR count). The molecule has 15 heteroatoms. The number of aromatic nitrogens is 7. The van der Waals surface area contributed by atoms with Gasteiger partial charge in [-0.05, 0) is 48.7 Å². The number of hydrogen-bond acceptors (Lipinski definition) is 8. The van der Waals surface area contributed by atoms with Crippen LogP contribution in [0.5, 0.6) is 0 Å². The van der Waals surface area contributed by atoms with E-state index in [4.69, 9.17) is 0 Å². The van der Waals surface area contributed by atoms with Gasteiger partial charge in [-0.3, -0.25) is 24.8 Å². The highest BCUT2D eigenvalue weighted by molar-refractivity contribution is 7.88. The highest BCUT2D eigenvalue weighted by Gasteiger charge is 2.24. The molecule has 1 aliphatic rings. The number of hydrogen-bond donors (Lipinski definition) is 4. The molecule has 1 aromatic carbocycles. The van der Waals surface area contributed by atoms with Crippen LogP contribution in [0.2, 0.25) is 0 Å². The van der Waals surface area contributed by atoms with Crippen LogP contribution in [-0.2, 0) is 21.4 Å². The first-order valence-corrected chi connectivity index (χ1v) is 16.9. The molecule has 1 saturated carbocycles. The molecule has 1 amide bonds. The summed E-state index contributed by atoms with van der Waals surface area (Å²) in [5.41, 5.74) is 3.42. The van der Waals surface area contributed by atoms with Gasteiger partial charge in [0.2, 0.25) is 15.9 Å². The van der Waals surface area contributed by atoms with Gasteiger partial charge in [0.1, 0.15) is 22.7 Å². The SMILES string of the molecule is CS(=O)(=O)NCc1cc(F)cc(-c2nccc3[nH]c(-c4n[nH]c5cnc(-c6cncc(NC(=O)C7CCCCC7)c6)c(F)c45)nc23)c1. The van der Waals surface area contributed by atoms with Gasteiger partial charge in [0.05, 0.1) is 46.5 Å². The quantitative estimate of drug-likeness (QED) is 0.167. The number of pyridine rings is 3. The maximum Gasteiger partial charge on any atom is 0.227 e. The largest absolute Gasteiger partial charge is 0.336 e. The number of benzene rings is 1. The molecule has 4 N–H and O–H groups in total. The number of nitrogens with zero attached hydrogens (tertiary/aromatic N) is 5. The lowest BCUT2D eigenvalue weighted by Crippen LogP contribution is -2.24. The van der Waals surface area contributed by atoms with Crippen molar-refractivity contribution >= 4 is 43.6 Å². The van der Waals surface area contributed by atoms with Crippen molar-refractivity contribution in [3.05, 3.63) is 72.3 Å². The number of aromatic amines is 2. The third kappa shape index (κ3) is 6.31. The second-order valence-corrected chi connectivity index (χ2v) is 13.5. The van der Waals surface area contributed by atoms with Gasteiger partial charge < -0.3 is 10.3 Å². The minimum Gasteiger partial charge on any atom is -0.336 e.